The minimum atomic E-state index is -0.949. The SMILES string of the molecule is O=C(O)[C@@H]1CC[C@@H](C(=O)O)N1Cc1ccccc1. The zero-order valence-corrected chi connectivity index (χ0v) is 9.82. The maximum absolute atomic E-state index is 11.1. The Kier molecular flexibility index (Phi) is 3.62. The Morgan fingerprint density at radius 2 is 1.56 bits per heavy atom. The lowest BCUT2D eigenvalue weighted by Gasteiger charge is -2.25. The van der Waals surface area contributed by atoms with Gasteiger partial charge in [-0.3, -0.25) is 14.5 Å². The smallest absolute Gasteiger partial charge is 0.320 e. The molecule has 0 radical (unpaired) electrons. The van der Waals surface area contributed by atoms with Crippen molar-refractivity contribution < 1.29 is 19.8 Å². The lowest BCUT2D eigenvalue weighted by atomic mass is 10.2. The number of benzene rings is 1. The van der Waals surface area contributed by atoms with Crippen molar-refractivity contribution in [1.82, 2.24) is 4.90 Å². The first-order valence-corrected chi connectivity index (χ1v) is 5.85. The Balaban J connectivity index is 2.19. The highest BCUT2D eigenvalue weighted by Crippen LogP contribution is 2.26. The molecule has 1 aliphatic rings. The van der Waals surface area contributed by atoms with Crippen LogP contribution in [0, 0.1) is 0 Å². The second kappa shape index (κ2) is 5.18. The van der Waals surface area contributed by atoms with E-state index in [4.69, 9.17) is 10.2 Å². The topological polar surface area (TPSA) is 77.8 Å². The normalized spacial score (nSPS) is 24.0. The van der Waals surface area contributed by atoms with Crippen LogP contribution in [0.1, 0.15) is 18.4 Å². The van der Waals surface area contributed by atoms with Crippen LogP contribution in [0.4, 0.5) is 0 Å². The van der Waals surface area contributed by atoms with Gasteiger partial charge in [0.25, 0.3) is 0 Å². The van der Waals surface area contributed by atoms with Crippen molar-refractivity contribution in [2.75, 3.05) is 0 Å². The monoisotopic (exact) mass is 249 g/mol. The summed E-state index contributed by atoms with van der Waals surface area (Å²) < 4.78 is 0. The van der Waals surface area contributed by atoms with Gasteiger partial charge in [0.15, 0.2) is 0 Å². The van der Waals surface area contributed by atoms with Gasteiger partial charge in [-0.15, -0.1) is 0 Å². The van der Waals surface area contributed by atoms with Crippen LogP contribution in [-0.2, 0) is 16.1 Å². The van der Waals surface area contributed by atoms with Crippen LogP contribution < -0.4 is 0 Å². The van der Waals surface area contributed by atoms with Crippen LogP contribution in [0.15, 0.2) is 30.3 Å². The fourth-order valence-corrected chi connectivity index (χ4v) is 2.41. The second-order valence-corrected chi connectivity index (χ2v) is 4.44. The van der Waals surface area contributed by atoms with Gasteiger partial charge in [-0.2, -0.15) is 0 Å². The van der Waals surface area contributed by atoms with Crippen molar-refractivity contribution in [2.45, 2.75) is 31.5 Å². The van der Waals surface area contributed by atoms with Crippen molar-refractivity contribution in [3.05, 3.63) is 35.9 Å². The molecule has 0 aliphatic carbocycles. The number of hydrogen-bond acceptors (Lipinski definition) is 3. The van der Waals surface area contributed by atoms with Gasteiger partial charge >= 0.3 is 11.9 Å². The number of rotatable bonds is 4. The second-order valence-electron chi connectivity index (χ2n) is 4.44. The third-order valence-electron chi connectivity index (χ3n) is 3.29. The molecule has 96 valence electrons. The summed E-state index contributed by atoms with van der Waals surface area (Å²) in [5.74, 6) is -1.90. The first kappa shape index (κ1) is 12.6. The minimum Gasteiger partial charge on any atom is -0.480 e. The summed E-state index contributed by atoms with van der Waals surface area (Å²) in [7, 11) is 0. The van der Waals surface area contributed by atoms with E-state index in [1.807, 2.05) is 30.3 Å². The maximum atomic E-state index is 11.1. The van der Waals surface area contributed by atoms with Crippen LogP contribution in [0.3, 0.4) is 0 Å². The molecule has 1 heterocycles. The maximum Gasteiger partial charge on any atom is 0.320 e. The highest BCUT2D eigenvalue weighted by molar-refractivity contribution is 5.79. The average molecular weight is 249 g/mol. The Hall–Kier alpha value is -1.88. The molecule has 1 aromatic rings. The van der Waals surface area contributed by atoms with E-state index in [-0.39, 0.29) is 0 Å². The molecule has 0 amide bonds. The highest BCUT2D eigenvalue weighted by atomic mass is 16.4. The molecule has 0 aromatic heterocycles. The Morgan fingerprint density at radius 3 is 2.00 bits per heavy atom. The molecule has 0 saturated carbocycles. The molecule has 1 aliphatic heterocycles. The first-order chi connectivity index (χ1) is 8.59. The number of nitrogens with zero attached hydrogens (tertiary/aromatic N) is 1. The van der Waals surface area contributed by atoms with Crippen molar-refractivity contribution in [3.63, 3.8) is 0 Å². The predicted octanol–water partition coefficient (Wildman–Crippen LogP) is 1.19. The van der Waals surface area contributed by atoms with Gasteiger partial charge in [-0.1, -0.05) is 30.3 Å². The summed E-state index contributed by atoms with van der Waals surface area (Å²) in [6, 6.07) is 7.93. The molecule has 2 N–H and O–H groups in total. The molecule has 1 fully saturated rings. The number of carboxylic acid groups (broad SMARTS) is 2. The summed E-state index contributed by atoms with van der Waals surface area (Å²) in [5, 5.41) is 18.3. The molecule has 2 rings (SSSR count). The average Bonchev–Trinajstić information content (AvgIpc) is 2.74. The van der Waals surface area contributed by atoms with E-state index in [0.29, 0.717) is 19.4 Å². The molecular weight excluding hydrogens is 234 g/mol. The quantitative estimate of drug-likeness (QED) is 0.838. The number of likely N-dealkylation sites (tertiary alicyclic amines) is 1. The number of hydrogen-bond donors (Lipinski definition) is 2. The summed E-state index contributed by atoms with van der Waals surface area (Å²) >= 11 is 0. The molecule has 1 saturated heterocycles. The predicted molar refractivity (Wildman–Crippen MR) is 64.1 cm³/mol. The molecule has 0 bridgehead atoms. The molecule has 0 spiro atoms. The fraction of sp³-hybridized carbons (Fsp3) is 0.385. The minimum absolute atomic E-state index is 0.356. The highest BCUT2D eigenvalue weighted by Gasteiger charge is 2.41. The molecule has 5 nitrogen and oxygen atoms in total. The van der Waals surface area contributed by atoms with E-state index >= 15 is 0 Å². The fourth-order valence-electron chi connectivity index (χ4n) is 2.41. The van der Waals surface area contributed by atoms with E-state index in [0.717, 1.165) is 5.56 Å². The molecule has 18 heavy (non-hydrogen) atoms. The number of carboxylic acids is 2. The Morgan fingerprint density at radius 1 is 1.06 bits per heavy atom. The van der Waals surface area contributed by atoms with Crippen LogP contribution in [0.25, 0.3) is 0 Å². The number of aliphatic carboxylic acids is 2. The first-order valence-electron chi connectivity index (χ1n) is 5.85. The third kappa shape index (κ3) is 2.51. The summed E-state index contributed by atoms with van der Waals surface area (Å²) in [6.45, 7) is 0.356. The van der Waals surface area contributed by atoms with E-state index in [9.17, 15) is 9.59 Å². The van der Waals surface area contributed by atoms with Gasteiger partial charge in [-0.05, 0) is 18.4 Å². The standard InChI is InChI=1S/C13H15NO4/c15-12(16)10-6-7-11(13(17)18)14(10)8-9-4-2-1-3-5-9/h1-5,10-11H,6-8H2,(H,15,16)(H,17,18)/t10-,11-/m0/s1. The zero-order chi connectivity index (χ0) is 13.1. The van der Waals surface area contributed by atoms with Crippen molar-refractivity contribution >= 4 is 11.9 Å². The van der Waals surface area contributed by atoms with Gasteiger partial charge in [0.05, 0.1) is 0 Å². The van der Waals surface area contributed by atoms with E-state index in [1.165, 1.54) is 0 Å². The summed E-state index contributed by atoms with van der Waals surface area (Å²) in [5.41, 5.74) is 0.928. The molecule has 0 unspecified atom stereocenters. The van der Waals surface area contributed by atoms with Crippen LogP contribution in [0.5, 0.6) is 0 Å². The van der Waals surface area contributed by atoms with Crippen LogP contribution in [-0.4, -0.2) is 39.1 Å². The van der Waals surface area contributed by atoms with Crippen molar-refractivity contribution in [1.29, 1.82) is 0 Å². The lowest BCUT2D eigenvalue weighted by molar-refractivity contribution is -0.147. The third-order valence-corrected chi connectivity index (χ3v) is 3.29. The van der Waals surface area contributed by atoms with Gasteiger partial charge in [0, 0.05) is 6.54 Å². The lowest BCUT2D eigenvalue weighted by Crippen LogP contribution is -2.43. The zero-order valence-electron chi connectivity index (χ0n) is 9.82. The van der Waals surface area contributed by atoms with Crippen LogP contribution in [0.2, 0.25) is 0 Å². The van der Waals surface area contributed by atoms with Crippen LogP contribution >= 0.6 is 0 Å². The molecule has 5 heteroatoms. The molecule has 1 aromatic carbocycles. The van der Waals surface area contributed by atoms with E-state index in [1.54, 1.807) is 4.90 Å². The number of carbonyl (C=O) groups is 2. The van der Waals surface area contributed by atoms with Gasteiger partial charge in [0.2, 0.25) is 0 Å². The molecular formula is C13H15NO4. The summed E-state index contributed by atoms with van der Waals surface area (Å²) in [6.07, 6.45) is 0.776. The summed E-state index contributed by atoms with van der Waals surface area (Å²) in [4.78, 5) is 23.8. The molecule has 2 atom stereocenters. The van der Waals surface area contributed by atoms with Crippen molar-refractivity contribution in [3.8, 4) is 0 Å². The Labute approximate surface area is 105 Å². The van der Waals surface area contributed by atoms with E-state index in [2.05, 4.69) is 0 Å². The Bertz CT molecular complexity index is 424. The largest absolute Gasteiger partial charge is 0.480 e. The van der Waals surface area contributed by atoms with E-state index < -0.39 is 24.0 Å². The van der Waals surface area contributed by atoms with Gasteiger partial charge in [0.1, 0.15) is 12.1 Å². The van der Waals surface area contributed by atoms with Crippen molar-refractivity contribution in [2.24, 2.45) is 0 Å². The van der Waals surface area contributed by atoms with Gasteiger partial charge in [-0.25, -0.2) is 0 Å². The van der Waals surface area contributed by atoms with Gasteiger partial charge < -0.3 is 10.2 Å².